The number of hydrogen-bond acceptors (Lipinski definition) is 6. The first kappa shape index (κ1) is 21.5. The van der Waals surface area contributed by atoms with Gasteiger partial charge in [0.15, 0.2) is 5.82 Å². The Morgan fingerprint density at radius 2 is 2.03 bits per heavy atom. The standard InChI is InChI=1S/C22H24ClN5O2S/c1-4-5-18-25-26-22-28(18)27-19(14-7-10-16(30-3)11-8-14)20(31-22)21(29)24-15-9-6-13(2)17(23)12-15/h6-12,19-20,27H,4-5H2,1-3H3,(H,24,29)/t19-,20-/m0/s1. The van der Waals surface area contributed by atoms with E-state index in [0.717, 1.165) is 35.5 Å². The lowest BCUT2D eigenvalue weighted by atomic mass is 10.0. The molecule has 1 amide bonds. The Morgan fingerprint density at radius 3 is 2.71 bits per heavy atom. The third-order valence-electron chi connectivity index (χ3n) is 5.15. The smallest absolute Gasteiger partial charge is 0.240 e. The Morgan fingerprint density at radius 1 is 1.26 bits per heavy atom. The minimum absolute atomic E-state index is 0.135. The van der Waals surface area contributed by atoms with E-state index in [4.69, 9.17) is 16.3 Å². The number of methoxy groups -OCH3 is 1. The summed E-state index contributed by atoms with van der Waals surface area (Å²) in [6.45, 7) is 4.02. The van der Waals surface area contributed by atoms with Crippen LogP contribution in [0.4, 0.5) is 5.69 Å². The van der Waals surface area contributed by atoms with Gasteiger partial charge in [0.05, 0.1) is 13.2 Å². The van der Waals surface area contributed by atoms with Crippen LogP contribution >= 0.6 is 23.4 Å². The van der Waals surface area contributed by atoms with E-state index in [9.17, 15) is 4.79 Å². The molecule has 9 heteroatoms. The summed E-state index contributed by atoms with van der Waals surface area (Å²) in [5.41, 5.74) is 6.05. The molecule has 0 saturated carbocycles. The maximum absolute atomic E-state index is 13.3. The lowest BCUT2D eigenvalue weighted by Crippen LogP contribution is -2.41. The third-order valence-corrected chi connectivity index (χ3v) is 6.77. The number of anilines is 1. The monoisotopic (exact) mass is 457 g/mol. The van der Waals surface area contributed by atoms with Crippen molar-refractivity contribution < 1.29 is 9.53 Å². The maximum atomic E-state index is 13.3. The zero-order chi connectivity index (χ0) is 22.0. The van der Waals surface area contributed by atoms with Gasteiger partial charge in [-0.25, -0.2) is 4.68 Å². The summed E-state index contributed by atoms with van der Waals surface area (Å²) in [4.78, 5) is 13.3. The number of carbonyl (C=O) groups is 1. The minimum Gasteiger partial charge on any atom is -0.497 e. The first-order chi connectivity index (χ1) is 15.0. The van der Waals surface area contributed by atoms with E-state index in [1.165, 1.54) is 11.8 Å². The molecule has 0 radical (unpaired) electrons. The average molecular weight is 458 g/mol. The first-order valence-electron chi connectivity index (χ1n) is 10.1. The second-order valence-corrected chi connectivity index (χ2v) is 8.87. The number of nitrogens with one attached hydrogen (secondary N) is 2. The highest BCUT2D eigenvalue weighted by atomic mass is 35.5. The first-order valence-corrected chi connectivity index (χ1v) is 11.3. The summed E-state index contributed by atoms with van der Waals surface area (Å²) in [6, 6.07) is 12.9. The predicted molar refractivity (Wildman–Crippen MR) is 124 cm³/mol. The average Bonchev–Trinajstić information content (AvgIpc) is 3.17. The molecule has 4 rings (SSSR count). The van der Waals surface area contributed by atoms with Gasteiger partial charge >= 0.3 is 0 Å². The number of ether oxygens (including phenoxy) is 1. The number of carbonyl (C=O) groups excluding carboxylic acids is 1. The molecule has 3 aromatic rings. The van der Waals surface area contributed by atoms with Crippen molar-refractivity contribution in [1.82, 2.24) is 14.9 Å². The molecule has 0 bridgehead atoms. The van der Waals surface area contributed by atoms with E-state index in [-0.39, 0.29) is 11.9 Å². The van der Waals surface area contributed by atoms with Crippen LogP contribution in [0.25, 0.3) is 0 Å². The van der Waals surface area contributed by atoms with Gasteiger partial charge in [0.25, 0.3) is 0 Å². The summed E-state index contributed by atoms with van der Waals surface area (Å²) in [6.07, 6.45) is 1.75. The van der Waals surface area contributed by atoms with Crippen LogP contribution in [0.1, 0.15) is 36.3 Å². The van der Waals surface area contributed by atoms with Crippen molar-refractivity contribution in [2.24, 2.45) is 0 Å². The summed E-state index contributed by atoms with van der Waals surface area (Å²) < 4.78 is 7.18. The summed E-state index contributed by atoms with van der Waals surface area (Å²) in [7, 11) is 1.63. The van der Waals surface area contributed by atoms with Crippen LogP contribution in [0.15, 0.2) is 47.6 Å². The van der Waals surface area contributed by atoms with Gasteiger partial charge in [0.1, 0.15) is 11.0 Å². The third kappa shape index (κ3) is 4.50. The summed E-state index contributed by atoms with van der Waals surface area (Å²) in [5, 5.41) is 12.4. The SMILES string of the molecule is CCCc1nnc2n1N[C@@H](c1ccc(OC)cc1)[C@@H](C(=O)Nc1ccc(C)c(Cl)c1)S2. The van der Waals surface area contributed by atoms with Crippen LogP contribution in [0, 0.1) is 6.92 Å². The van der Waals surface area contributed by atoms with Gasteiger partial charge in [-0.15, -0.1) is 10.2 Å². The van der Waals surface area contributed by atoms with Crippen LogP contribution < -0.4 is 15.5 Å². The maximum Gasteiger partial charge on any atom is 0.240 e. The highest BCUT2D eigenvalue weighted by molar-refractivity contribution is 8.00. The molecule has 31 heavy (non-hydrogen) atoms. The van der Waals surface area contributed by atoms with E-state index in [1.807, 2.05) is 48.0 Å². The number of rotatable bonds is 6. The number of hydrogen-bond donors (Lipinski definition) is 2. The number of nitrogens with zero attached hydrogens (tertiary/aromatic N) is 3. The zero-order valence-corrected chi connectivity index (χ0v) is 19.1. The molecular weight excluding hydrogens is 434 g/mol. The fourth-order valence-electron chi connectivity index (χ4n) is 3.43. The Labute approximate surface area is 190 Å². The van der Waals surface area contributed by atoms with E-state index in [2.05, 4.69) is 27.9 Å². The van der Waals surface area contributed by atoms with Crippen molar-refractivity contribution in [3.8, 4) is 5.75 Å². The summed E-state index contributed by atoms with van der Waals surface area (Å²) in [5.74, 6) is 1.48. The number of aromatic nitrogens is 3. The molecule has 1 aromatic heterocycles. The number of halogens is 1. The molecule has 2 heterocycles. The van der Waals surface area contributed by atoms with Crippen LogP contribution in [0.5, 0.6) is 5.75 Å². The highest BCUT2D eigenvalue weighted by Crippen LogP contribution is 2.38. The predicted octanol–water partition coefficient (Wildman–Crippen LogP) is 4.60. The quantitative estimate of drug-likeness (QED) is 0.563. The molecule has 0 aliphatic carbocycles. The van der Waals surface area contributed by atoms with E-state index in [1.54, 1.807) is 13.2 Å². The molecule has 0 fully saturated rings. The summed E-state index contributed by atoms with van der Waals surface area (Å²) >= 11 is 7.64. The molecule has 0 unspecified atom stereocenters. The molecule has 0 spiro atoms. The number of benzene rings is 2. The molecule has 1 aliphatic heterocycles. The van der Waals surface area contributed by atoms with Gasteiger partial charge in [-0.3, -0.25) is 4.79 Å². The van der Waals surface area contributed by atoms with Crippen molar-refractivity contribution in [3.63, 3.8) is 0 Å². The van der Waals surface area contributed by atoms with E-state index >= 15 is 0 Å². The zero-order valence-electron chi connectivity index (χ0n) is 17.6. The van der Waals surface area contributed by atoms with Gasteiger partial charge in [-0.05, 0) is 48.7 Å². The Kier molecular flexibility index (Phi) is 6.38. The van der Waals surface area contributed by atoms with E-state index < -0.39 is 5.25 Å². The Hall–Kier alpha value is -2.71. The van der Waals surface area contributed by atoms with Crippen molar-refractivity contribution in [3.05, 3.63) is 64.4 Å². The normalized spacial score (nSPS) is 17.5. The van der Waals surface area contributed by atoms with Gasteiger partial charge in [-0.2, -0.15) is 0 Å². The number of amides is 1. The molecule has 162 valence electrons. The largest absolute Gasteiger partial charge is 0.497 e. The molecule has 1 aliphatic rings. The molecule has 0 saturated heterocycles. The van der Waals surface area contributed by atoms with Crippen LogP contribution in [0.3, 0.4) is 0 Å². The van der Waals surface area contributed by atoms with Crippen molar-refractivity contribution in [1.29, 1.82) is 0 Å². The second-order valence-electron chi connectivity index (χ2n) is 7.36. The number of thioether (sulfide) groups is 1. The molecule has 7 nitrogen and oxygen atoms in total. The number of fused-ring (bicyclic) bond motifs is 1. The number of aryl methyl sites for hydroxylation is 2. The molecule has 2 N–H and O–H groups in total. The lowest BCUT2D eigenvalue weighted by Gasteiger charge is -2.33. The van der Waals surface area contributed by atoms with Gasteiger partial charge in [-0.1, -0.05) is 48.5 Å². The van der Waals surface area contributed by atoms with Crippen LogP contribution in [-0.2, 0) is 11.2 Å². The Balaban J connectivity index is 1.65. The Bertz CT molecular complexity index is 1090. The van der Waals surface area contributed by atoms with Crippen LogP contribution in [0.2, 0.25) is 5.02 Å². The fourth-order valence-corrected chi connectivity index (χ4v) is 4.71. The molecular formula is C22H24ClN5O2S. The lowest BCUT2D eigenvalue weighted by molar-refractivity contribution is -0.116. The van der Waals surface area contributed by atoms with Crippen molar-refractivity contribution >= 4 is 35.0 Å². The van der Waals surface area contributed by atoms with Crippen molar-refractivity contribution in [2.45, 2.75) is 43.1 Å². The van der Waals surface area contributed by atoms with E-state index in [0.29, 0.717) is 15.9 Å². The van der Waals surface area contributed by atoms with Crippen LogP contribution in [-0.4, -0.2) is 33.1 Å². The molecule has 2 atom stereocenters. The second kappa shape index (κ2) is 9.20. The van der Waals surface area contributed by atoms with Gasteiger partial charge in [0, 0.05) is 17.1 Å². The van der Waals surface area contributed by atoms with Gasteiger partial charge in [0.2, 0.25) is 11.1 Å². The fraction of sp³-hybridized carbons (Fsp3) is 0.318. The highest BCUT2D eigenvalue weighted by Gasteiger charge is 2.37. The van der Waals surface area contributed by atoms with Crippen molar-refractivity contribution in [2.75, 3.05) is 17.9 Å². The molecule has 2 aromatic carbocycles. The minimum atomic E-state index is -0.459. The topological polar surface area (TPSA) is 81.1 Å². The van der Waals surface area contributed by atoms with Gasteiger partial charge < -0.3 is 15.5 Å².